The van der Waals surface area contributed by atoms with Crippen molar-refractivity contribution in [2.75, 3.05) is 0 Å². The van der Waals surface area contributed by atoms with Crippen molar-refractivity contribution < 1.29 is 0 Å². The fourth-order valence-corrected chi connectivity index (χ4v) is 13.2. The molecular weight excluding hydrogens is 459 g/mol. The Bertz CT molecular complexity index is 480. The number of hydrogen-bond donors (Lipinski definition) is 0. The van der Waals surface area contributed by atoms with Crippen LogP contribution >= 0.6 is 0 Å². The first-order valence-corrected chi connectivity index (χ1v) is 16.5. The van der Waals surface area contributed by atoms with Gasteiger partial charge in [-0.3, -0.25) is 0 Å². The predicted octanol–water partition coefficient (Wildman–Crippen LogP) is 2.69. The van der Waals surface area contributed by atoms with Crippen LogP contribution in [0.4, 0.5) is 0 Å². The van der Waals surface area contributed by atoms with Crippen molar-refractivity contribution >= 4 is 41.3 Å². The molecule has 0 unspecified atom stereocenters. The van der Waals surface area contributed by atoms with Crippen LogP contribution < -0.4 is 7.22 Å². The second kappa shape index (κ2) is 9.05. The van der Waals surface area contributed by atoms with Crippen LogP contribution in [0.15, 0.2) is 54.6 Å². The van der Waals surface area contributed by atoms with Crippen LogP contribution in [0.2, 0.25) is 0 Å². The summed E-state index contributed by atoms with van der Waals surface area (Å²) < 4.78 is 3.34. The minimum absolute atomic E-state index is 0.0424. The van der Waals surface area contributed by atoms with Gasteiger partial charge in [-0.2, -0.15) is 0 Å². The zero-order chi connectivity index (χ0) is 13.3. The van der Waals surface area contributed by atoms with Gasteiger partial charge in [0, 0.05) is 0 Å². The van der Waals surface area contributed by atoms with Crippen LogP contribution in [0.25, 0.3) is 0 Å². The molecule has 2 aromatic carbocycles. The molecule has 0 aliphatic rings. The molecule has 0 bridgehead atoms. The molecular formula is C17H20Te2. The Labute approximate surface area is 133 Å². The summed E-state index contributed by atoms with van der Waals surface area (Å²) in [5.74, 6) is 0. The van der Waals surface area contributed by atoms with E-state index in [-0.39, 0.29) is 34.1 Å². The number of hydrogen-bond acceptors (Lipinski definition) is 0. The summed E-state index contributed by atoms with van der Waals surface area (Å²) in [4.78, 5) is 0. The third-order valence-electron chi connectivity index (χ3n) is 2.99. The SMILES string of the molecule is CCCCCc1ccccc1[Te][Te]c1ccccc1. The van der Waals surface area contributed by atoms with E-state index in [1.807, 2.05) is 0 Å². The average molecular weight is 480 g/mol. The number of unbranched alkanes of at least 4 members (excludes halogenated alkanes) is 2. The topological polar surface area (TPSA) is 0 Å². The van der Waals surface area contributed by atoms with E-state index in [0.717, 1.165) is 0 Å². The molecule has 0 heterocycles. The van der Waals surface area contributed by atoms with Gasteiger partial charge >= 0.3 is 134 Å². The van der Waals surface area contributed by atoms with E-state index in [2.05, 4.69) is 61.5 Å². The van der Waals surface area contributed by atoms with Crippen molar-refractivity contribution in [2.45, 2.75) is 32.6 Å². The first-order valence-electron chi connectivity index (χ1n) is 6.87. The van der Waals surface area contributed by atoms with Gasteiger partial charge in [-0.05, 0) is 0 Å². The van der Waals surface area contributed by atoms with Gasteiger partial charge in [0.1, 0.15) is 0 Å². The summed E-state index contributed by atoms with van der Waals surface area (Å²) in [6.45, 7) is 2.28. The van der Waals surface area contributed by atoms with E-state index in [1.165, 1.54) is 25.7 Å². The summed E-state index contributed by atoms with van der Waals surface area (Å²) in [5.41, 5.74) is 1.64. The van der Waals surface area contributed by atoms with E-state index < -0.39 is 0 Å². The van der Waals surface area contributed by atoms with Crippen LogP contribution in [0.1, 0.15) is 31.7 Å². The molecule has 0 aliphatic heterocycles. The van der Waals surface area contributed by atoms with Gasteiger partial charge in [0.15, 0.2) is 0 Å². The van der Waals surface area contributed by atoms with Gasteiger partial charge in [-0.15, -0.1) is 0 Å². The van der Waals surface area contributed by atoms with Crippen molar-refractivity contribution in [3.8, 4) is 0 Å². The van der Waals surface area contributed by atoms with Crippen molar-refractivity contribution in [3.63, 3.8) is 0 Å². The summed E-state index contributed by atoms with van der Waals surface area (Å²) in [5, 5.41) is 0. The van der Waals surface area contributed by atoms with Crippen LogP contribution in [0.5, 0.6) is 0 Å². The minimum atomic E-state index is 0.0424. The van der Waals surface area contributed by atoms with Gasteiger partial charge in [0.2, 0.25) is 0 Å². The first kappa shape index (κ1) is 15.4. The Morgan fingerprint density at radius 1 is 0.789 bits per heavy atom. The Kier molecular flexibility index (Phi) is 7.34. The van der Waals surface area contributed by atoms with Crippen molar-refractivity contribution in [1.82, 2.24) is 0 Å². The van der Waals surface area contributed by atoms with Crippen molar-refractivity contribution in [3.05, 3.63) is 60.2 Å². The van der Waals surface area contributed by atoms with Gasteiger partial charge < -0.3 is 0 Å². The zero-order valence-electron chi connectivity index (χ0n) is 11.3. The molecule has 19 heavy (non-hydrogen) atoms. The third kappa shape index (κ3) is 5.49. The number of aryl methyl sites for hydroxylation is 1. The predicted molar refractivity (Wildman–Crippen MR) is 86.9 cm³/mol. The maximum absolute atomic E-state index is 2.39. The number of rotatable bonds is 7. The molecule has 2 aromatic rings. The third-order valence-corrected chi connectivity index (χ3v) is 14.9. The molecule has 0 saturated heterocycles. The quantitative estimate of drug-likeness (QED) is 0.423. The second-order valence-corrected chi connectivity index (χ2v) is 14.5. The van der Waals surface area contributed by atoms with Gasteiger partial charge in [0.25, 0.3) is 0 Å². The molecule has 0 aliphatic carbocycles. The van der Waals surface area contributed by atoms with E-state index in [1.54, 1.807) is 12.8 Å². The normalized spacial score (nSPS) is 10.6. The molecule has 0 fully saturated rings. The molecule has 0 saturated carbocycles. The Morgan fingerprint density at radius 2 is 1.53 bits per heavy atom. The van der Waals surface area contributed by atoms with Crippen LogP contribution in [-0.4, -0.2) is 34.1 Å². The standard InChI is InChI=1S/C17H20Te2/c1-2-3-5-10-15-11-8-9-14-17(15)19-18-16-12-6-4-7-13-16/h4,6-9,11-14H,2-3,5,10H2,1H3. The summed E-state index contributed by atoms with van der Waals surface area (Å²) >= 11 is 0.0963. The fourth-order valence-electron chi connectivity index (χ4n) is 1.93. The molecule has 0 amide bonds. The summed E-state index contributed by atoms with van der Waals surface area (Å²) in [6.07, 6.45) is 5.32. The molecule has 100 valence electrons. The monoisotopic (exact) mass is 484 g/mol. The maximum atomic E-state index is 2.39. The number of benzene rings is 2. The van der Waals surface area contributed by atoms with Crippen LogP contribution in [0.3, 0.4) is 0 Å². The van der Waals surface area contributed by atoms with E-state index in [9.17, 15) is 0 Å². The van der Waals surface area contributed by atoms with E-state index in [0.29, 0.717) is 0 Å². The van der Waals surface area contributed by atoms with Gasteiger partial charge in [-0.1, -0.05) is 0 Å². The van der Waals surface area contributed by atoms with Crippen LogP contribution in [-0.2, 0) is 6.42 Å². The van der Waals surface area contributed by atoms with Crippen LogP contribution in [0, 0.1) is 0 Å². The van der Waals surface area contributed by atoms with E-state index in [4.69, 9.17) is 0 Å². The Hall–Kier alpha value is 0.0192. The molecule has 2 heteroatoms. The molecule has 0 aromatic heterocycles. The average Bonchev–Trinajstić information content (AvgIpc) is 2.48. The van der Waals surface area contributed by atoms with Crippen molar-refractivity contribution in [2.24, 2.45) is 0 Å². The molecule has 0 spiro atoms. The molecule has 0 radical (unpaired) electrons. The first-order chi connectivity index (χ1) is 9.40. The Morgan fingerprint density at radius 3 is 2.32 bits per heavy atom. The van der Waals surface area contributed by atoms with Crippen molar-refractivity contribution in [1.29, 1.82) is 0 Å². The molecule has 0 atom stereocenters. The summed E-state index contributed by atoms with van der Waals surface area (Å²) in [7, 11) is 0. The van der Waals surface area contributed by atoms with Gasteiger partial charge in [0.05, 0.1) is 0 Å². The molecule has 2 rings (SSSR count). The summed E-state index contributed by atoms with van der Waals surface area (Å²) in [6, 6.07) is 20.3. The fraction of sp³-hybridized carbons (Fsp3) is 0.294. The molecule has 0 N–H and O–H groups in total. The second-order valence-electron chi connectivity index (χ2n) is 4.54. The van der Waals surface area contributed by atoms with E-state index >= 15 is 0 Å². The van der Waals surface area contributed by atoms with Gasteiger partial charge in [-0.25, -0.2) is 0 Å². The molecule has 0 nitrogen and oxygen atoms in total. The zero-order valence-corrected chi connectivity index (χ0v) is 16.0. The Balaban J connectivity index is 1.95.